The van der Waals surface area contributed by atoms with Gasteiger partial charge >= 0.3 is 0 Å². The summed E-state index contributed by atoms with van der Waals surface area (Å²) in [6.45, 7) is 3.93. The molecule has 0 radical (unpaired) electrons. The summed E-state index contributed by atoms with van der Waals surface area (Å²) < 4.78 is 5.59. The highest BCUT2D eigenvalue weighted by atomic mass is 16.5. The van der Waals surface area contributed by atoms with Crippen LogP contribution >= 0.6 is 0 Å². The molecule has 4 rings (SSSR count). The number of carbonyl (C=O) groups is 1. The minimum Gasteiger partial charge on any atom is -0.364 e. The molecule has 1 aliphatic rings. The van der Waals surface area contributed by atoms with Gasteiger partial charge in [-0.25, -0.2) is 9.97 Å². The molecule has 3 aromatic rings. The van der Waals surface area contributed by atoms with Crippen LogP contribution in [0.2, 0.25) is 0 Å². The molecule has 0 spiro atoms. The third-order valence-corrected chi connectivity index (χ3v) is 4.90. The van der Waals surface area contributed by atoms with Crippen molar-refractivity contribution in [2.24, 2.45) is 0 Å². The molecule has 2 N–H and O–H groups in total. The van der Waals surface area contributed by atoms with E-state index in [4.69, 9.17) is 4.74 Å². The van der Waals surface area contributed by atoms with E-state index < -0.39 is 0 Å². The van der Waals surface area contributed by atoms with Gasteiger partial charge in [0.1, 0.15) is 24.9 Å². The van der Waals surface area contributed by atoms with Crippen LogP contribution in [0.5, 0.6) is 0 Å². The molecule has 7 heteroatoms. The minimum atomic E-state index is 0.0369. The van der Waals surface area contributed by atoms with Gasteiger partial charge in [0.2, 0.25) is 5.91 Å². The van der Waals surface area contributed by atoms with Crippen LogP contribution in [0.25, 0.3) is 11.0 Å². The van der Waals surface area contributed by atoms with E-state index >= 15 is 0 Å². The molecule has 7 nitrogen and oxygen atoms in total. The number of rotatable bonds is 5. The number of aryl methyl sites for hydroxylation is 1. The first-order valence-corrected chi connectivity index (χ1v) is 8.99. The maximum Gasteiger partial charge on any atom is 0.248 e. The number of amides is 1. The molecule has 0 bridgehead atoms. The number of benzene rings is 1. The van der Waals surface area contributed by atoms with Gasteiger partial charge in [-0.05, 0) is 37.5 Å². The van der Waals surface area contributed by atoms with E-state index in [0.717, 1.165) is 48.6 Å². The zero-order valence-corrected chi connectivity index (χ0v) is 14.9. The Labute approximate surface area is 151 Å². The van der Waals surface area contributed by atoms with Crippen molar-refractivity contribution in [3.63, 3.8) is 0 Å². The Kier molecular flexibility index (Phi) is 4.71. The Morgan fingerprint density at radius 3 is 2.96 bits per heavy atom. The first-order chi connectivity index (χ1) is 12.7. The van der Waals surface area contributed by atoms with E-state index in [2.05, 4.69) is 26.0 Å². The van der Waals surface area contributed by atoms with Crippen molar-refractivity contribution in [3.8, 4) is 0 Å². The average Bonchev–Trinajstić information content (AvgIpc) is 3.31. The lowest BCUT2D eigenvalue weighted by atomic mass is 9.96. The van der Waals surface area contributed by atoms with Crippen LogP contribution in [-0.4, -0.2) is 50.4 Å². The van der Waals surface area contributed by atoms with Crippen molar-refractivity contribution in [1.82, 2.24) is 24.8 Å². The number of hydrogen-bond acceptors (Lipinski definition) is 4. The second-order valence-electron chi connectivity index (χ2n) is 6.83. The van der Waals surface area contributed by atoms with Crippen molar-refractivity contribution in [2.45, 2.75) is 32.3 Å². The summed E-state index contributed by atoms with van der Waals surface area (Å²) in [7, 11) is 0. The summed E-state index contributed by atoms with van der Waals surface area (Å²) in [6.07, 6.45) is 5.49. The molecular formula is C19H23N5O2. The smallest absolute Gasteiger partial charge is 0.248 e. The standard InChI is InChI=1S/C19H23N5O2/c1-13-2-3-15-16(10-13)23-17(22-15)11-26-12-18(25)24-8-4-14(5-9-24)19-20-6-7-21-19/h2-3,6-7,10,14H,4-5,8-9,11-12H2,1H3,(H,20,21)(H,22,23). The lowest BCUT2D eigenvalue weighted by Crippen LogP contribution is -2.40. The number of imidazole rings is 2. The minimum absolute atomic E-state index is 0.0369. The van der Waals surface area contributed by atoms with Crippen molar-refractivity contribution < 1.29 is 9.53 Å². The van der Waals surface area contributed by atoms with Crippen molar-refractivity contribution in [1.29, 1.82) is 0 Å². The van der Waals surface area contributed by atoms with Gasteiger partial charge < -0.3 is 19.6 Å². The van der Waals surface area contributed by atoms with Gasteiger partial charge in [-0.1, -0.05) is 6.07 Å². The fraction of sp³-hybridized carbons (Fsp3) is 0.421. The maximum absolute atomic E-state index is 12.3. The lowest BCUT2D eigenvalue weighted by Gasteiger charge is -2.31. The second-order valence-corrected chi connectivity index (χ2v) is 6.83. The third-order valence-electron chi connectivity index (χ3n) is 4.90. The quantitative estimate of drug-likeness (QED) is 0.738. The van der Waals surface area contributed by atoms with E-state index in [-0.39, 0.29) is 12.5 Å². The predicted octanol–water partition coefficient (Wildman–Crippen LogP) is 2.52. The van der Waals surface area contributed by atoms with Crippen molar-refractivity contribution in [2.75, 3.05) is 19.7 Å². The number of ether oxygens (including phenoxy) is 1. The molecule has 0 saturated carbocycles. The van der Waals surface area contributed by atoms with Gasteiger partial charge in [0.25, 0.3) is 0 Å². The zero-order chi connectivity index (χ0) is 17.9. The Morgan fingerprint density at radius 2 is 2.19 bits per heavy atom. The number of hydrogen-bond donors (Lipinski definition) is 2. The number of likely N-dealkylation sites (tertiary alicyclic amines) is 1. The number of aromatic amines is 2. The topological polar surface area (TPSA) is 86.9 Å². The van der Waals surface area contributed by atoms with Gasteiger partial charge in [0, 0.05) is 31.4 Å². The fourth-order valence-corrected chi connectivity index (χ4v) is 3.47. The zero-order valence-electron chi connectivity index (χ0n) is 14.9. The molecule has 1 aliphatic heterocycles. The number of carbonyl (C=O) groups excluding carboxylic acids is 1. The highest BCUT2D eigenvalue weighted by Crippen LogP contribution is 2.25. The van der Waals surface area contributed by atoms with Gasteiger partial charge in [-0.3, -0.25) is 4.79 Å². The van der Waals surface area contributed by atoms with Crippen LogP contribution < -0.4 is 0 Å². The van der Waals surface area contributed by atoms with Crippen LogP contribution in [0.4, 0.5) is 0 Å². The summed E-state index contributed by atoms with van der Waals surface area (Å²) in [5.41, 5.74) is 3.09. The van der Waals surface area contributed by atoms with E-state index in [1.165, 1.54) is 5.56 Å². The monoisotopic (exact) mass is 353 g/mol. The normalized spacial score (nSPS) is 15.7. The van der Waals surface area contributed by atoms with Crippen molar-refractivity contribution >= 4 is 16.9 Å². The summed E-state index contributed by atoms with van der Waals surface area (Å²) in [5, 5.41) is 0. The highest BCUT2D eigenvalue weighted by Gasteiger charge is 2.25. The van der Waals surface area contributed by atoms with Crippen LogP contribution in [0.3, 0.4) is 0 Å². The van der Waals surface area contributed by atoms with Crippen molar-refractivity contribution in [3.05, 3.63) is 47.8 Å². The molecule has 2 aromatic heterocycles. The van der Waals surface area contributed by atoms with Crippen LogP contribution in [-0.2, 0) is 16.1 Å². The predicted molar refractivity (Wildman–Crippen MR) is 97.6 cm³/mol. The molecule has 26 heavy (non-hydrogen) atoms. The number of nitrogens with zero attached hydrogens (tertiary/aromatic N) is 3. The second kappa shape index (κ2) is 7.29. The van der Waals surface area contributed by atoms with Gasteiger partial charge in [-0.15, -0.1) is 0 Å². The van der Waals surface area contributed by atoms with E-state index in [1.807, 2.05) is 30.2 Å². The number of H-pyrrole nitrogens is 2. The molecule has 0 unspecified atom stereocenters. The molecule has 0 aliphatic carbocycles. The summed E-state index contributed by atoms with van der Waals surface area (Å²) >= 11 is 0. The van der Waals surface area contributed by atoms with Crippen LogP contribution in [0, 0.1) is 6.92 Å². The Morgan fingerprint density at radius 1 is 1.35 bits per heavy atom. The van der Waals surface area contributed by atoms with E-state index in [9.17, 15) is 4.79 Å². The SMILES string of the molecule is Cc1ccc2nc(COCC(=O)N3CCC(c4ncc[nH]4)CC3)[nH]c2c1. The fourth-order valence-electron chi connectivity index (χ4n) is 3.47. The van der Waals surface area contributed by atoms with Gasteiger partial charge in [0.05, 0.1) is 11.0 Å². The first-order valence-electron chi connectivity index (χ1n) is 8.99. The van der Waals surface area contributed by atoms with E-state index in [1.54, 1.807) is 6.20 Å². The number of nitrogens with one attached hydrogen (secondary N) is 2. The molecule has 0 atom stereocenters. The first kappa shape index (κ1) is 16.8. The molecular weight excluding hydrogens is 330 g/mol. The molecule has 3 heterocycles. The summed E-state index contributed by atoms with van der Waals surface area (Å²) in [4.78, 5) is 29.4. The van der Waals surface area contributed by atoms with Crippen LogP contribution in [0.15, 0.2) is 30.6 Å². The van der Waals surface area contributed by atoms with Gasteiger partial charge in [-0.2, -0.15) is 0 Å². The molecule has 1 fully saturated rings. The third kappa shape index (κ3) is 3.62. The maximum atomic E-state index is 12.3. The van der Waals surface area contributed by atoms with Crippen LogP contribution in [0.1, 0.15) is 36.0 Å². The molecule has 1 saturated heterocycles. The van der Waals surface area contributed by atoms with Gasteiger partial charge in [0.15, 0.2) is 0 Å². The lowest BCUT2D eigenvalue weighted by molar-refractivity contribution is -0.137. The molecule has 136 valence electrons. The Hall–Kier alpha value is -2.67. The van der Waals surface area contributed by atoms with E-state index in [0.29, 0.717) is 12.5 Å². The highest BCUT2D eigenvalue weighted by molar-refractivity contribution is 5.77. The molecule has 1 amide bonds. The largest absolute Gasteiger partial charge is 0.364 e. The Bertz CT molecular complexity index is 879. The number of piperidine rings is 1. The number of fused-ring (bicyclic) bond motifs is 1. The average molecular weight is 353 g/mol. The summed E-state index contributed by atoms with van der Waals surface area (Å²) in [5.74, 6) is 2.22. The summed E-state index contributed by atoms with van der Waals surface area (Å²) in [6, 6.07) is 6.07. The Balaban J connectivity index is 1.25. The number of aromatic nitrogens is 4. The molecule has 1 aromatic carbocycles.